The van der Waals surface area contributed by atoms with Crippen molar-refractivity contribution in [3.05, 3.63) is 112 Å². The molecule has 59 heavy (non-hydrogen) atoms. The van der Waals surface area contributed by atoms with Gasteiger partial charge in [0.05, 0.1) is 38.8 Å². The Hall–Kier alpha value is -4.60. The normalized spacial score (nSPS) is 27.2. The Morgan fingerprint density at radius 3 is 2.78 bits per heavy atom. The second-order valence-electron chi connectivity index (χ2n) is 17.2. The van der Waals surface area contributed by atoms with E-state index in [0.717, 1.165) is 77.4 Å². The fraction of sp³-hybridized carbons (Fsp3) is 0.469. The molecule has 5 aliphatic rings. The van der Waals surface area contributed by atoms with Crippen molar-refractivity contribution in [2.24, 2.45) is 11.8 Å². The predicted octanol–water partition coefficient (Wildman–Crippen LogP) is 6.81. The van der Waals surface area contributed by atoms with Crippen LogP contribution in [0.5, 0.6) is 11.5 Å². The zero-order valence-corrected chi connectivity index (χ0v) is 34.3. The monoisotopic (exact) mass is 799 g/mol. The minimum Gasteiger partial charge on any atom is -0.504 e. The van der Waals surface area contributed by atoms with E-state index in [1.807, 2.05) is 6.07 Å². The molecule has 4 aromatic rings. The summed E-state index contributed by atoms with van der Waals surface area (Å²) in [6.45, 7) is 4.24. The molecule has 10 heteroatoms. The van der Waals surface area contributed by atoms with E-state index in [0.29, 0.717) is 63.0 Å². The van der Waals surface area contributed by atoms with E-state index in [4.69, 9.17) is 18.9 Å². The van der Waals surface area contributed by atoms with Crippen LogP contribution in [0.4, 0.5) is 0 Å². The molecule has 1 aromatic heterocycles. The Morgan fingerprint density at radius 2 is 1.90 bits per heavy atom. The summed E-state index contributed by atoms with van der Waals surface area (Å²) in [5.74, 6) is 8.82. The number of aromatic nitrogens is 1. The van der Waals surface area contributed by atoms with Crippen molar-refractivity contribution in [2.45, 2.75) is 102 Å². The second-order valence-corrected chi connectivity index (χ2v) is 17.2. The number of aliphatic hydroxyl groups is 2. The molecule has 1 fully saturated rings. The van der Waals surface area contributed by atoms with Crippen molar-refractivity contribution in [3.8, 4) is 23.3 Å². The zero-order chi connectivity index (χ0) is 40.5. The molecule has 10 nitrogen and oxygen atoms in total. The molecular weight excluding hydrogens is 743 g/mol. The third-order valence-corrected chi connectivity index (χ3v) is 13.4. The fourth-order valence-electron chi connectivity index (χ4n) is 10.3. The van der Waals surface area contributed by atoms with E-state index in [-0.39, 0.29) is 42.6 Å². The van der Waals surface area contributed by atoms with E-state index in [1.54, 1.807) is 13.2 Å². The first-order valence-corrected chi connectivity index (χ1v) is 21.5. The number of ether oxygens (including phenoxy) is 4. The summed E-state index contributed by atoms with van der Waals surface area (Å²) >= 11 is 0. The molecule has 9 rings (SSSR count). The molecule has 6 atom stereocenters. The molecule has 1 aliphatic carbocycles. The molecule has 1 saturated heterocycles. The molecule has 0 amide bonds. The Balaban J connectivity index is 1.25. The lowest BCUT2D eigenvalue weighted by molar-refractivity contribution is 0.00498. The Labute approximate surface area is 347 Å². The maximum absolute atomic E-state index is 11.5. The van der Waals surface area contributed by atoms with Gasteiger partial charge in [-0.25, -0.2) is 0 Å². The van der Waals surface area contributed by atoms with Crippen molar-refractivity contribution in [1.82, 2.24) is 15.2 Å². The van der Waals surface area contributed by atoms with Gasteiger partial charge in [-0.05, 0) is 121 Å². The number of phenols is 1. The zero-order valence-electron chi connectivity index (χ0n) is 34.3. The fourth-order valence-corrected chi connectivity index (χ4v) is 10.3. The van der Waals surface area contributed by atoms with Gasteiger partial charge in [-0.3, -0.25) is 5.32 Å². The highest BCUT2D eigenvalue weighted by atomic mass is 16.5. The summed E-state index contributed by atoms with van der Waals surface area (Å²) in [6, 6.07) is 17.1. The molecule has 4 aliphatic heterocycles. The smallest absolute Gasteiger partial charge is 0.161 e. The highest BCUT2D eigenvalue weighted by molar-refractivity contribution is 5.88. The topological polar surface area (TPSA) is 127 Å². The molecule has 5 N–H and O–H groups in total. The third-order valence-electron chi connectivity index (χ3n) is 13.4. The van der Waals surface area contributed by atoms with Crippen LogP contribution in [0.3, 0.4) is 0 Å². The summed E-state index contributed by atoms with van der Waals surface area (Å²) in [5.41, 5.74) is 8.14. The quantitative estimate of drug-likeness (QED) is 0.109. The van der Waals surface area contributed by atoms with Crippen LogP contribution in [0.1, 0.15) is 85.3 Å². The SMILES string of the molecule is COCNC1C=C2C#C[C@H](C)CCC[C@H]3C[C@H](O)CCc4cc(c(O)cc4CO)OCc4cc([C@@]56CCOC[C@H]5CCc5ccccc56)cc5cn(cc45)C(=C2CO3)N1. The first kappa shape index (κ1) is 39.8. The lowest BCUT2D eigenvalue weighted by Crippen LogP contribution is -2.47. The Bertz CT molecular complexity index is 2320. The van der Waals surface area contributed by atoms with Gasteiger partial charge in [-0.1, -0.05) is 49.1 Å². The highest BCUT2D eigenvalue weighted by Gasteiger charge is 2.47. The lowest BCUT2D eigenvalue weighted by atomic mass is 9.57. The van der Waals surface area contributed by atoms with Crippen molar-refractivity contribution in [2.75, 3.05) is 33.7 Å². The maximum Gasteiger partial charge on any atom is 0.161 e. The summed E-state index contributed by atoms with van der Waals surface area (Å²) in [6.07, 6.45) is 12.6. The molecule has 310 valence electrons. The first-order chi connectivity index (χ1) is 28.8. The summed E-state index contributed by atoms with van der Waals surface area (Å²) in [4.78, 5) is 0. The molecular formula is C49H57N3O7. The van der Waals surface area contributed by atoms with Gasteiger partial charge in [0.25, 0.3) is 0 Å². The molecule has 5 heterocycles. The van der Waals surface area contributed by atoms with Crippen LogP contribution in [0, 0.1) is 23.7 Å². The largest absolute Gasteiger partial charge is 0.504 e. The third kappa shape index (κ3) is 7.93. The summed E-state index contributed by atoms with van der Waals surface area (Å²) in [7, 11) is 1.68. The van der Waals surface area contributed by atoms with E-state index in [2.05, 4.69) is 88.8 Å². The molecule has 3 aromatic carbocycles. The minimum absolute atomic E-state index is 0.0218. The Morgan fingerprint density at radius 1 is 1.02 bits per heavy atom. The first-order valence-electron chi connectivity index (χ1n) is 21.5. The van der Waals surface area contributed by atoms with Crippen molar-refractivity contribution in [3.63, 3.8) is 0 Å². The number of benzene rings is 3. The van der Waals surface area contributed by atoms with Gasteiger partial charge in [-0.2, -0.15) is 0 Å². The Kier molecular flexibility index (Phi) is 11.6. The highest BCUT2D eigenvalue weighted by Crippen LogP contribution is 2.52. The van der Waals surface area contributed by atoms with Crippen LogP contribution in [0.25, 0.3) is 16.6 Å². The standard InChI is InChI=1S/C49H57N3O7/c1-31-6-5-8-41-23-40(54)15-13-33-21-46(45(55)20-36(33)26-53)59-27-37-19-39(49-16-17-57-28-38(49)14-12-32-7-3-4-9-44(32)49)18-35-24-52(25-42(35)37)48-43(29-58-41)34(11-10-31)22-47(51-48)50-30-56-2/h3-4,7,9,18-22,24-25,31,38,40-41,47,50-51,53-55H,5-6,8,12-17,23,26-30H2,1-2H3/t31-,38-,40-,41+,47?,49-/m1/s1. The molecule has 1 unspecified atom stereocenters. The lowest BCUT2D eigenvalue weighted by Gasteiger charge is -2.49. The van der Waals surface area contributed by atoms with E-state index in [9.17, 15) is 15.3 Å². The molecule has 0 radical (unpaired) electrons. The van der Waals surface area contributed by atoms with E-state index >= 15 is 0 Å². The summed E-state index contributed by atoms with van der Waals surface area (Å²) in [5, 5.41) is 42.3. The van der Waals surface area contributed by atoms with Gasteiger partial charge in [-0.15, -0.1) is 0 Å². The molecule has 0 spiro atoms. The van der Waals surface area contributed by atoms with Crippen molar-refractivity contribution >= 4 is 16.6 Å². The van der Waals surface area contributed by atoms with Crippen LogP contribution in [0.15, 0.2) is 78.1 Å². The second kappa shape index (κ2) is 17.2. The number of phenolic OH excluding ortho intramolecular Hbond substituents is 1. The van der Waals surface area contributed by atoms with Gasteiger partial charge in [0.15, 0.2) is 11.5 Å². The predicted molar refractivity (Wildman–Crippen MR) is 227 cm³/mol. The van der Waals surface area contributed by atoms with Gasteiger partial charge in [0.1, 0.15) is 18.6 Å². The number of hydrogen-bond acceptors (Lipinski definition) is 9. The van der Waals surface area contributed by atoms with Gasteiger partial charge >= 0.3 is 0 Å². The van der Waals surface area contributed by atoms with Crippen LogP contribution in [-0.2, 0) is 45.7 Å². The number of nitrogens with one attached hydrogen (secondary N) is 2. The average molecular weight is 800 g/mol. The van der Waals surface area contributed by atoms with Crippen LogP contribution in [0.2, 0.25) is 0 Å². The van der Waals surface area contributed by atoms with Crippen LogP contribution in [-0.4, -0.2) is 71.9 Å². The van der Waals surface area contributed by atoms with E-state index in [1.165, 1.54) is 16.7 Å². The number of nitrogens with zero attached hydrogens (tertiary/aromatic N) is 1. The van der Waals surface area contributed by atoms with Crippen LogP contribution >= 0.6 is 0 Å². The number of hydrogen-bond donors (Lipinski definition) is 5. The number of aliphatic hydroxyl groups excluding tert-OH is 2. The average Bonchev–Trinajstić information content (AvgIpc) is 3.68. The maximum atomic E-state index is 11.5. The van der Waals surface area contributed by atoms with Gasteiger partial charge in [0, 0.05) is 59.4 Å². The van der Waals surface area contributed by atoms with Crippen molar-refractivity contribution in [1.29, 1.82) is 0 Å². The number of rotatable bonds is 5. The summed E-state index contributed by atoms with van der Waals surface area (Å²) < 4.78 is 27.2. The number of aromatic hydroxyl groups is 1. The molecule has 0 saturated carbocycles. The van der Waals surface area contributed by atoms with Gasteiger partial charge in [0.2, 0.25) is 0 Å². The number of aryl methyl sites for hydroxylation is 2. The van der Waals surface area contributed by atoms with E-state index < -0.39 is 6.10 Å². The van der Waals surface area contributed by atoms with Gasteiger partial charge < -0.3 is 44.2 Å². The minimum atomic E-state index is -0.626. The number of fused-ring (bicyclic) bond motifs is 9. The number of dihydropyridines is 1. The van der Waals surface area contributed by atoms with Crippen LogP contribution < -0.4 is 15.4 Å². The van der Waals surface area contributed by atoms with Crippen molar-refractivity contribution < 1.29 is 34.3 Å². The number of methoxy groups -OCH3 is 1. The molecule has 6 bridgehead atoms.